The van der Waals surface area contributed by atoms with E-state index in [2.05, 4.69) is 0 Å². The van der Waals surface area contributed by atoms with Gasteiger partial charge in [-0.05, 0) is 74.5 Å². The number of piperidine rings is 1. The number of nitrogens with two attached hydrogens (primary N) is 1. The average molecular weight is 346 g/mol. The Hall–Kier alpha value is -0.940. The summed E-state index contributed by atoms with van der Waals surface area (Å²) in [5.74, 6) is 2.10. The summed E-state index contributed by atoms with van der Waals surface area (Å²) in [4.78, 5) is 26.2. The number of carbonyl (C=O) groups is 2. The van der Waals surface area contributed by atoms with Crippen LogP contribution in [0.4, 0.5) is 0 Å². The van der Waals surface area contributed by atoms with E-state index in [4.69, 9.17) is 10.5 Å². The van der Waals surface area contributed by atoms with Crippen molar-refractivity contribution in [1.82, 2.24) is 4.90 Å². The Labute approximate surface area is 149 Å². The maximum absolute atomic E-state index is 13.0. The second-order valence-electron chi connectivity index (χ2n) is 9.82. The van der Waals surface area contributed by atoms with E-state index in [1.165, 1.54) is 19.3 Å². The van der Waals surface area contributed by atoms with E-state index >= 15 is 0 Å². The Morgan fingerprint density at radius 2 is 1.96 bits per heavy atom. The minimum absolute atomic E-state index is 0.00527. The zero-order valence-electron chi connectivity index (χ0n) is 15.2. The van der Waals surface area contributed by atoms with Crippen molar-refractivity contribution in [3.8, 4) is 0 Å². The van der Waals surface area contributed by atoms with Gasteiger partial charge in [0.05, 0.1) is 11.6 Å². The molecule has 2 N–H and O–H groups in total. The Morgan fingerprint density at radius 1 is 1.24 bits per heavy atom. The fraction of sp³-hybridized carbons (Fsp3) is 0.900. The number of fused-ring (bicyclic) bond motifs is 1. The zero-order chi connectivity index (χ0) is 17.4. The lowest BCUT2D eigenvalue weighted by atomic mass is 9.46. The van der Waals surface area contributed by atoms with Crippen molar-refractivity contribution in [1.29, 1.82) is 0 Å². The lowest BCUT2D eigenvalue weighted by Gasteiger charge is -2.63. The summed E-state index contributed by atoms with van der Waals surface area (Å²) in [6.45, 7) is 0. The number of nitrogens with zero attached hydrogens (tertiary/aromatic N) is 1. The molecule has 5 heteroatoms. The van der Waals surface area contributed by atoms with Crippen LogP contribution in [0.25, 0.3) is 0 Å². The first-order valence-electron chi connectivity index (χ1n) is 10.0. The Kier molecular flexibility index (Phi) is 3.44. The topological polar surface area (TPSA) is 72.6 Å². The van der Waals surface area contributed by atoms with Crippen LogP contribution in [0.1, 0.15) is 57.8 Å². The highest BCUT2D eigenvalue weighted by atomic mass is 16.5. The molecule has 5 aliphatic carbocycles. The molecule has 0 aromatic carbocycles. The molecule has 25 heavy (non-hydrogen) atoms. The van der Waals surface area contributed by atoms with Crippen molar-refractivity contribution < 1.29 is 14.3 Å². The van der Waals surface area contributed by atoms with Crippen LogP contribution in [0.2, 0.25) is 0 Å². The van der Waals surface area contributed by atoms with E-state index in [0.29, 0.717) is 30.2 Å². The zero-order valence-corrected chi connectivity index (χ0v) is 15.2. The largest absolute Gasteiger partial charge is 0.378 e. The number of amides is 1. The normalized spacial score (nSPS) is 50.6. The first-order chi connectivity index (χ1) is 12.0. The quantitative estimate of drug-likeness (QED) is 0.772. The van der Waals surface area contributed by atoms with Gasteiger partial charge in [0.25, 0.3) is 0 Å². The second kappa shape index (κ2) is 5.29. The van der Waals surface area contributed by atoms with E-state index in [-0.39, 0.29) is 29.0 Å². The molecular weight excluding hydrogens is 316 g/mol. The van der Waals surface area contributed by atoms with Crippen LogP contribution in [0, 0.1) is 23.2 Å². The number of likely N-dealkylation sites (tertiary alicyclic amines) is 1. The number of ether oxygens (including phenoxy) is 1. The molecule has 6 aliphatic rings. The first-order valence-corrected chi connectivity index (χ1v) is 10.0. The summed E-state index contributed by atoms with van der Waals surface area (Å²) in [6, 6.07) is 0.00670. The van der Waals surface area contributed by atoms with Gasteiger partial charge in [0.15, 0.2) is 0 Å². The number of hydrogen-bond donors (Lipinski definition) is 1. The van der Waals surface area contributed by atoms with Crippen LogP contribution in [-0.4, -0.2) is 47.9 Å². The Morgan fingerprint density at radius 3 is 2.60 bits per heavy atom. The lowest BCUT2D eigenvalue weighted by molar-refractivity contribution is -0.187. The predicted octanol–water partition coefficient (Wildman–Crippen LogP) is 1.88. The van der Waals surface area contributed by atoms with Gasteiger partial charge in [-0.25, -0.2) is 0 Å². The highest BCUT2D eigenvalue weighted by Crippen LogP contribution is 2.64. The van der Waals surface area contributed by atoms with Crippen molar-refractivity contribution in [3.05, 3.63) is 0 Å². The van der Waals surface area contributed by atoms with E-state index in [1.54, 1.807) is 0 Å². The van der Waals surface area contributed by atoms with Crippen LogP contribution < -0.4 is 5.73 Å². The number of hydrogen-bond acceptors (Lipinski definition) is 4. The SMILES string of the molecule is COC12CC3CC(C1)CC([C@H](N)CC(=O)N1[C@H](C=O)C[C@@H]4C[C@@H]41)(C3)C2. The number of aldehydes is 1. The molecule has 6 atom stereocenters. The van der Waals surface area contributed by atoms with E-state index in [1.807, 2.05) is 12.0 Å². The van der Waals surface area contributed by atoms with Crippen LogP contribution in [0.5, 0.6) is 0 Å². The molecule has 4 bridgehead atoms. The lowest BCUT2D eigenvalue weighted by Crippen LogP contribution is -2.62. The molecule has 0 aromatic rings. The molecule has 0 spiro atoms. The third-order valence-electron chi connectivity index (χ3n) is 8.26. The minimum Gasteiger partial charge on any atom is -0.378 e. The van der Waals surface area contributed by atoms with Gasteiger partial charge in [-0.3, -0.25) is 4.79 Å². The molecule has 0 aromatic heterocycles. The highest BCUT2D eigenvalue weighted by molar-refractivity contribution is 5.82. The molecule has 5 saturated carbocycles. The first kappa shape index (κ1) is 16.2. The number of carbonyl (C=O) groups excluding carboxylic acids is 2. The second-order valence-corrected chi connectivity index (χ2v) is 9.82. The van der Waals surface area contributed by atoms with Gasteiger partial charge in [0.1, 0.15) is 6.29 Å². The van der Waals surface area contributed by atoms with E-state index in [0.717, 1.165) is 38.4 Å². The summed E-state index contributed by atoms with van der Waals surface area (Å²) in [5.41, 5.74) is 6.78. The van der Waals surface area contributed by atoms with Crippen molar-refractivity contribution in [2.45, 2.75) is 81.5 Å². The van der Waals surface area contributed by atoms with Crippen molar-refractivity contribution in [2.75, 3.05) is 7.11 Å². The van der Waals surface area contributed by atoms with Crippen molar-refractivity contribution in [3.63, 3.8) is 0 Å². The Bertz CT molecular complexity index is 592. The molecule has 6 rings (SSSR count). The average Bonchev–Trinajstić information content (AvgIpc) is 3.23. The highest BCUT2D eigenvalue weighted by Gasteiger charge is 2.60. The van der Waals surface area contributed by atoms with Crippen LogP contribution in [0.3, 0.4) is 0 Å². The monoisotopic (exact) mass is 346 g/mol. The van der Waals surface area contributed by atoms with Gasteiger partial charge < -0.3 is 20.2 Å². The summed E-state index contributed by atoms with van der Waals surface area (Å²) < 4.78 is 5.99. The molecule has 2 unspecified atom stereocenters. The fourth-order valence-corrected chi connectivity index (χ4v) is 7.42. The fourth-order valence-electron chi connectivity index (χ4n) is 7.42. The molecule has 6 fully saturated rings. The van der Waals surface area contributed by atoms with E-state index in [9.17, 15) is 9.59 Å². The van der Waals surface area contributed by atoms with Gasteiger partial charge in [-0.2, -0.15) is 0 Å². The summed E-state index contributed by atoms with van der Waals surface area (Å²) >= 11 is 0. The van der Waals surface area contributed by atoms with Crippen LogP contribution in [0.15, 0.2) is 0 Å². The van der Waals surface area contributed by atoms with Gasteiger partial charge in [-0.1, -0.05) is 0 Å². The molecule has 5 nitrogen and oxygen atoms in total. The van der Waals surface area contributed by atoms with Crippen molar-refractivity contribution in [2.24, 2.45) is 28.9 Å². The summed E-state index contributed by atoms with van der Waals surface area (Å²) in [5, 5.41) is 0. The minimum atomic E-state index is -0.204. The third kappa shape index (κ3) is 2.34. The maximum atomic E-state index is 13.0. The molecule has 0 radical (unpaired) electrons. The van der Waals surface area contributed by atoms with Crippen LogP contribution in [-0.2, 0) is 14.3 Å². The summed E-state index contributed by atoms with van der Waals surface area (Å²) in [7, 11) is 1.85. The van der Waals surface area contributed by atoms with Gasteiger partial charge in [-0.15, -0.1) is 0 Å². The number of methoxy groups -OCH3 is 1. The standard InChI is InChI=1S/C20H30N2O3/c1-25-20-8-12-2-13(9-20)7-19(6-12,11-20)17(21)5-18(24)22-15(10-23)3-14-4-16(14)22/h10,12-17H,2-9,11,21H2,1H3/t12?,13?,14-,15+,16+,17-,19?,20?/m1/s1. The molecule has 1 saturated heterocycles. The molecule has 1 amide bonds. The number of rotatable bonds is 5. The maximum Gasteiger partial charge on any atom is 0.225 e. The molecule has 1 heterocycles. The van der Waals surface area contributed by atoms with Gasteiger partial charge >= 0.3 is 0 Å². The van der Waals surface area contributed by atoms with Gasteiger partial charge in [0.2, 0.25) is 5.91 Å². The smallest absolute Gasteiger partial charge is 0.225 e. The van der Waals surface area contributed by atoms with E-state index < -0.39 is 0 Å². The predicted molar refractivity (Wildman–Crippen MR) is 92.7 cm³/mol. The van der Waals surface area contributed by atoms with Crippen LogP contribution >= 0.6 is 0 Å². The van der Waals surface area contributed by atoms with Gasteiger partial charge in [0, 0.05) is 25.6 Å². The molecule has 138 valence electrons. The Balaban J connectivity index is 1.33. The molecular formula is C20H30N2O3. The summed E-state index contributed by atoms with van der Waals surface area (Å²) in [6.07, 6.45) is 10.3. The van der Waals surface area contributed by atoms with Crippen molar-refractivity contribution >= 4 is 12.2 Å². The third-order valence-corrected chi connectivity index (χ3v) is 8.26. The molecule has 1 aliphatic heterocycles.